The average Bonchev–Trinajstić information content (AvgIpc) is 3.19. The van der Waals surface area contributed by atoms with Gasteiger partial charge in [0, 0.05) is 24.9 Å². The maximum Gasteiger partial charge on any atom is 0.246 e. The number of carbonyl (C=O) groups excluding carboxylic acids is 2. The number of aryl methyl sites for hydroxylation is 2. The third kappa shape index (κ3) is 3.24. The summed E-state index contributed by atoms with van der Waals surface area (Å²) in [5.74, 6) is 1.43. The van der Waals surface area contributed by atoms with Crippen LogP contribution in [0, 0.1) is 13.8 Å². The van der Waals surface area contributed by atoms with Gasteiger partial charge in [-0.05, 0) is 32.8 Å². The minimum atomic E-state index is -0.293. The van der Waals surface area contributed by atoms with Crippen molar-refractivity contribution in [1.29, 1.82) is 0 Å². The molecular formula is C16H24N4O2S. The first-order valence-corrected chi connectivity index (χ1v) is 9.29. The predicted octanol–water partition coefficient (Wildman–Crippen LogP) is 1.41. The van der Waals surface area contributed by atoms with Gasteiger partial charge in [-0.15, -0.1) is 11.8 Å². The van der Waals surface area contributed by atoms with Crippen LogP contribution in [0.3, 0.4) is 0 Å². The third-order valence-corrected chi connectivity index (χ3v) is 5.73. The molecule has 2 atom stereocenters. The molecule has 7 heteroatoms. The molecule has 2 aliphatic rings. The molecule has 0 aliphatic carbocycles. The first-order valence-electron chi connectivity index (χ1n) is 8.14. The Hall–Kier alpha value is -1.50. The van der Waals surface area contributed by atoms with Gasteiger partial charge in [0.05, 0.1) is 24.2 Å². The van der Waals surface area contributed by atoms with Gasteiger partial charge in [-0.1, -0.05) is 0 Å². The lowest BCUT2D eigenvalue weighted by Gasteiger charge is -2.30. The van der Waals surface area contributed by atoms with Crippen molar-refractivity contribution in [1.82, 2.24) is 19.6 Å². The van der Waals surface area contributed by atoms with Crippen LogP contribution in [0.15, 0.2) is 6.07 Å². The summed E-state index contributed by atoms with van der Waals surface area (Å²) < 4.78 is 2.00. The molecule has 2 fully saturated rings. The largest absolute Gasteiger partial charge is 0.336 e. The van der Waals surface area contributed by atoms with Crippen LogP contribution < -0.4 is 0 Å². The summed E-state index contributed by atoms with van der Waals surface area (Å²) >= 11 is 1.66. The van der Waals surface area contributed by atoms with Gasteiger partial charge < -0.3 is 9.80 Å². The minimum absolute atomic E-state index is 0.0114. The molecule has 0 spiro atoms. The Morgan fingerprint density at radius 3 is 2.78 bits per heavy atom. The normalized spacial score (nSPS) is 24.5. The molecule has 0 bridgehead atoms. The van der Waals surface area contributed by atoms with Crippen molar-refractivity contribution in [3.05, 3.63) is 17.5 Å². The molecule has 3 rings (SSSR count). The second kappa shape index (κ2) is 6.55. The number of hydrogen-bond donors (Lipinski definition) is 0. The van der Waals surface area contributed by atoms with E-state index in [2.05, 4.69) is 11.2 Å². The summed E-state index contributed by atoms with van der Waals surface area (Å²) in [5, 5.41) is 4.52. The summed E-state index contributed by atoms with van der Waals surface area (Å²) in [5.41, 5.74) is 2.14. The van der Waals surface area contributed by atoms with Crippen molar-refractivity contribution in [2.75, 3.05) is 18.2 Å². The molecule has 1 aromatic heterocycles. The van der Waals surface area contributed by atoms with Crippen molar-refractivity contribution in [3.63, 3.8) is 0 Å². The highest BCUT2D eigenvalue weighted by atomic mass is 32.2. The summed E-state index contributed by atoms with van der Waals surface area (Å²) in [6.45, 7) is 7.11. The van der Waals surface area contributed by atoms with Crippen molar-refractivity contribution >= 4 is 23.6 Å². The van der Waals surface area contributed by atoms with Gasteiger partial charge >= 0.3 is 0 Å². The number of rotatable bonds is 3. The number of amides is 2. The monoisotopic (exact) mass is 336 g/mol. The topological polar surface area (TPSA) is 58.4 Å². The van der Waals surface area contributed by atoms with Gasteiger partial charge in [-0.2, -0.15) is 5.10 Å². The van der Waals surface area contributed by atoms with Crippen molar-refractivity contribution < 1.29 is 9.59 Å². The molecule has 2 saturated heterocycles. The number of thioether (sulfide) groups is 1. The number of carbonyl (C=O) groups is 2. The van der Waals surface area contributed by atoms with Crippen LogP contribution in [-0.2, 0) is 16.1 Å². The second-order valence-corrected chi connectivity index (χ2v) is 7.44. The zero-order valence-electron chi connectivity index (χ0n) is 14.0. The Morgan fingerprint density at radius 2 is 2.13 bits per heavy atom. The Morgan fingerprint density at radius 1 is 1.35 bits per heavy atom. The lowest BCUT2D eigenvalue weighted by atomic mass is 10.2. The average molecular weight is 336 g/mol. The van der Waals surface area contributed by atoms with Crippen LogP contribution in [0.5, 0.6) is 0 Å². The standard InChI is InChI=1S/C16H24N4O2S/c1-11-7-12(2)20(17-11)8-14-5-4-6-18(14)16(22)15-9-23-10-19(15)13(3)21/h7,14-15H,4-6,8-10H2,1-3H3/t14-,15-/m0/s1. The van der Waals surface area contributed by atoms with E-state index in [4.69, 9.17) is 0 Å². The number of aromatic nitrogens is 2. The third-order valence-electron chi connectivity index (χ3n) is 4.72. The maximum atomic E-state index is 12.9. The van der Waals surface area contributed by atoms with Gasteiger partial charge in [0.1, 0.15) is 6.04 Å². The van der Waals surface area contributed by atoms with Crippen molar-refractivity contribution in [3.8, 4) is 0 Å². The van der Waals surface area contributed by atoms with Gasteiger partial charge in [0.25, 0.3) is 0 Å². The second-order valence-electron chi connectivity index (χ2n) is 6.44. The highest BCUT2D eigenvalue weighted by Crippen LogP contribution is 2.27. The smallest absolute Gasteiger partial charge is 0.246 e. The summed E-state index contributed by atoms with van der Waals surface area (Å²) in [6, 6.07) is 1.95. The van der Waals surface area contributed by atoms with Gasteiger partial charge in [-0.3, -0.25) is 14.3 Å². The lowest BCUT2D eigenvalue weighted by molar-refractivity contribution is -0.143. The fourth-order valence-corrected chi connectivity index (χ4v) is 4.73. The first kappa shape index (κ1) is 16.4. The van der Waals surface area contributed by atoms with E-state index in [1.807, 2.05) is 23.4 Å². The molecule has 0 aromatic carbocycles. The fourth-order valence-electron chi connectivity index (χ4n) is 3.52. The van der Waals surface area contributed by atoms with Gasteiger partial charge in [-0.25, -0.2) is 0 Å². The van der Waals surface area contributed by atoms with Crippen LogP contribution in [0.4, 0.5) is 0 Å². The number of hydrogen-bond acceptors (Lipinski definition) is 4. The lowest BCUT2D eigenvalue weighted by Crippen LogP contribution is -2.50. The highest BCUT2D eigenvalue weighted by molar-refractivity contribution is 7.99. The molecule has 126 valence electrons. The molecule has 1 aromatic rings. The quantitative estimate of drug-likeness (QED) is 0.837. The van der Waals surface area contributed by atoms with E-state index in [9.17, 15) is 9.59 Å². The Kier molecular flexibility index (Phi) is 4.66. The van der Waals surface area contributed by atoms with Crippen LogP contribution in [-0.4, -0.2) is 61.7 Å². The maximum absolute atomic E-state index is 12.9. The molecule has 23 heavy (non-hydrogen) atoms. The number of likely N-dealkylation sites (tertiary alicyclic amines) is 1. The van der Waals surface area contributed by atoms with E-state index < -0.39 is 0 Å². The van der Waals surface area contributed by atoms with Crippen LogP contribution in [0.1, 0.15) is 31.2 Å². The molecule has 6 nitrogen and oxygen atoms in total. The predicted molar refractivity (Wildman–Crippen MR) is 90.1 cm³/mol. The van der Waals surface area contributed by atoms with Crippen LogP contribution >= 0.6 is 11.8 Å². The molecule has 2 amide bonds. The molecule has 2 aliphatic heterocycles. The Balaban J connectivity index is 1.72. The van der Waals surface area contributed by atoms with Crippen LogP contribution in [0.2, 0.25) is 0 Å². The molecule has 0 N–H and O–H groups in total. The first-order chi connectivity index (χ1) is 11.0. The van der Waals surface area contributed by atoms with E-state index >= 15 is 0 Å². The van der Waals surface area contributed by atoms with E-state index in [-0.39, 0.29) is 23.9 Å². The zero-order valence-corrected chi connectivity index (χ0v) is 14.8. The Labute approximate surface area is 141 Å². The summed E-state index contributed by atoms with van der Waals surface area (Å²) in [7, 11) is 0. The Bertz CT molecular complexity index is 615. The highest BCUT2D eigenvalue weighted by Gasteiger charge is 2.39. The number of nitrogens with zero attached hydrogens (tertiary/aromatic N) is 4. The SMILES string of the molecule is CC(=O)N1CSC[C@H]1C(=O)N1CCC[C@H]1Cn1nc(C)cc1C. The summed E-state index contributed by atoms with van der Waals surface area (Å²) in [6.07, 6.45) is 2.03. The fraction of sp³-hybridized carbons (Fsp3) is 0.688. The van der Waals surface area contributed by atoms with E-state index in [0.717, 1.165) is 37.3 Å². The van der Waals surface area contributed by atoms with Crippen LogP contribution in [0.25, 0.3) is 0 Å². The zero-order chi connectivity index (χ0) is 16.6. The molecule has 0 unspecified atom stereocenters. The van der Waals surface area contributed by atoms with E-state index in [0.29, 0.717) is 11.6 Å². The van der Waals surface area contributed by atoms with Gasteiger partial charge in [0.2, 0.25) is 11.8 Å². The molecule has 3 heterocycles. The molecule has 0 radical (unpaired) electrons. The van der Waals surface area contributed by atoms with Crippen molar-refractivity contribution in [2.24, 2.45) is 0 Å². The van der Waals surface area contributed by atoms with E-state index in [1.165, 1.54) is 0 Å². The van der Waals surface area contributed by atoms with Crippen molar-refractivity contribution in [2.45, 2.75) is 52.2 Å². The minimum Gasteiger partial charge on any atom is -0.336 e. The summed E-state index contributed by atoms with van der Waals surface area (Å²) in [4.78, 5) is 28.3. The van der Waals surface area contributed by atoms with Gasteiger partial charge in [0.15, 0.2) is 0 Å². The van der Waals surface area contributed by atoms with E-state index in [1.54, 1.807) is 23.6 Å². The molecule has 0 saturated carbocycles. The molecular weight excluding hydrogens is 312 g/mol.